The first-order valence-electron chi connectivity index (χ1n) is 6.63. The standard InChI is InChI=1S/C15H17Cl2N3/c1-2-6-20-14(12-8-18-10-19-9-12)7-11-4-3-5-13(16)15(11)17/h3-5,8-10,14,20H,2,6-7H2,1H3. The summed E-state index contributed by atoms with van der Waals surface area (Å²) in [7, 11) is 0. The Hall–Kier alpha value is -1.16. The zero-order valence-corrected chi connectivity index (χ0v) is 12.8. The van der Waals surface area contributed by atoms with Crippen molar-refractivity contribution in [2.24, 2.45) is 0 Å². The van der Waals surface area contributed by atoms with Crippen LogP contribution in [0.15, 0.2) is 36.9 Å². The van der Waals surface area contributed by atoms with Crippen LogP contribution in [0.1, 0.15) is 30.5 Å². The maximum absolute atomic E-state index is 6.27. The number of benzene rings is 1. The molecule has 0 bridgehead atoms. The van der Waals surface area contributed by atoms with Gasteiger partial charge in [-0.3, -0.25) is 0 Å². The monoisotopic (exact) mass is 309 g/mol. The van der Waals surface area contributed by atoms with E-state index in [-0.39, 0.29) is 6.04 Å². The summed E-state index contributed by atoms with van der Waals surface area (Å²) in [6, 6.07) is 5.85. The van der Waals surface area contributed by atoms with E-state index in [1.807, 2.05) is 24.5 Å². The molecule has 1 aromatic carbocycles. The first-order valence-corrected chi connectivity index (χ1v) is 7.39. The minimum absolute atomic E-state index is 0.132. The summed E-state index contributed by atoms with van der Waals surface area (Å²) < 4.78 is 0. The second-order valence-electron chi connectivity index (χ2n) is 4.60. The summed E-state index contributed by atoms with van der Waals surface area (Å²) in [5.74, 6) is 0. The Morgan fingerprint density at radius 3 is 2.65 bits per heavy atom. The van der Waals surface area contributed by atoms with Crippen LogP contribution in [-0.4, -0.2) is 16.5 Å². The van der Waals surface area contributed by atoms with Gasteiger partial charge in [0.15, 0.2) is 0 Å². The zero-order valence-electron chi connectivity index (χ0n) is 11.3. The van der Waals surface area contributed by atoms with E-state index in [1.165, 1.54) is 6.33 Å². The van der Waals surface area contributed by atoms with Gasteiger partial charge in [0.2, 0.25) is 0 Å². The van der Waals surface area contributed by atoms with Gasteiger partial charge in [-0.05, 0) is 31.0 Å². The summed E-state index contributed by atoms with van der Waals surface area (Å²) in [6.07, 6.45) is 7.02. The fourth-order valence-electron chi connectivity index (χ4n) is 2.04. The molecule has 5 heteroatoms. The van der Waals surface area contributed by atoms with Crippen LogP contribution < -0.4 is 5.32 Å². The lowest BCUT2D eigenvalue weighted by molar-refractivity contribution is 0.526. The van der Waals surface area contributed by atoms with Gasteiger partial charge in [0.25, 0.3) is 0 Å². The van der Waals surface area contributed by atoms with Crippen molar-refractivity contribution in [2.75, 3.05) is 6.54 Å². The minimum atomic E-state index is 0.132. The first-order chi connectivity index (χ1) is 9.72. The Morgan fingerprint density at radius 1 is 1.20 bits per heavy atom. The van der Waals surface area contributed by atoms with Crippen LogP contribution in [-0.2, 0) is 6.42 Å². The van der Waals surface area contributed by atoms with Gasteiger partial charge in [0.1, 0.15) is 6.33 Å². The van der Waals surface area contributed by atoms with E-state index >= 15 is 0 Å². The second-order valence-corrected chi connectivity index (χ2v) is 5.38. The Balaban J connectivity index is 2.21. The summed E-state index contributed by atoms with van der Waals surface area (Å²) in [6.45, 7) is 3.07. The predicted octanol–water partition coefficient (Wildman–Crippen LogP) is 4.07. The summed E-state index contributed by atoms with van der Waals surface area (Å²) in [5, 5.41) is 4.70. The Morgan fingerprint density at radius 2 is 1.95 bits per heavy atom. The van der Waals surface area contributed by atoms with Gasteiger partial charge >= 0.3 is 0 Å². The zero-order chi connectivity index (χ0) is 14.4. The third-order valence-electron chi connectivity index (χ3n) is 3.08. The number of nitrogens with zero attached hydrogens (tertiary/aromatic N) is 2. The van der Waals surface area contributed by atoms with Gasteiger partial charge in [0.05, 0.1) is 10.0 Å². The number of nitrogens with one attached hydrogen (secondary N) is 1. The Kier molecular flexibility index (Phi) is 5.77. The molecular formula is C15H17Cl2N3. The van der Waals surface area contributed by atoms with E-state index in [2.05, 4.69) is 22.2 Å². The molecule has 0 fully saturated rings. The van der Waals surface area contributed by atoms with Crippen LogP contribution in [0, 0.1) is 0 Å². The van der Waals surface area contributed by atoms with E-state index in [1.54, 1.807) is 6.07 Å². The maximum Gasteiger partial charge on any atom is 0.115 e. The topological polar surface area (TPSA) is 37.8 Å². The molecule has 0 saturated heterocycles. The van der Waals surface area contributed by atoms with Crippen molar-refractivity contribution in [3.05, 3.63) is 58.1 Å². The Bertz CT molecular complexity index is 546. The van der Waals surface area contributed by atoms with Crippen molar-refractivity contribution < 1.29 is 0 Å². The highest BCUT2D eigenvalue weighted by Crippen LogP contribution is 2.29. The summed E-state index contributed by atoms with van der Waals surface area (Å²) >= 11 is 12.3. The van der Waals surface area contributed by atoms with Crippen LogP contribution >= 0.6 is 23.2 Å². The molecule has 0 aliphatic carbocycles. The van der Waals surface area contributed by atoms with Gasteiger partial charge < -0.3 is 5.32 Å². The fraction of sp³-hybridized carbons (Fsp3) is 0.333. The third-order valence-corrected chi connectivity index (χ3v) is 3.94. The molecule has 1 atom stereocenters. The molecular weight excluding hydrogens is 293 g/mol. The van der Waals surface area contributed by atoms with E-state index < -0.39 is 0 Å². The second kappa shape index (κ2) is 7.58. The Labute approximate surface area is 129 Å². The molecule has 0 radical (unpaired) electrons. The molecule has 1 heterocycles. The van der Waals surface area contributed by atoms with Crippen molar-refractivity contribution in [3.8, 4) is 0 Å². The normalized spacial score (nSPS) is 12.3. The molecule has 1 aromatic heterocycles. The molecule has 1 N–H and O–H groups in total. The van der Waals surface area contributed by atoms with E-state index in [4.69, 9.17) is 23.2 Å². The van der Waals surface area contributed by atoms with Crippen molar-refractivity contribution in [1.29, 1.82) is 0 Å². The number of hydrogen-bond donors (Lipinski definition) is 1. The largest absolute Gasteiger partial charge is 0.310 e. The molecule has 0 aliphatic rings. The molecule has 2 aromatic rings. The van der Waals surface area contributed by atoms with Gasteiger partial charge in [-0.1, -0.05) is 42.3 Å². The van der Waals surface area contributed by atoms with Gasteiger partial charge in [-0.15, -0.1) is 0 Å². The molecule has 0 spiro atoms. The number of aromatic nitrogens is 2. The van der Waals surface area contributed by atoms with Gasteiger partial charge in [-0.25, -0.2) is 9.97 Å². The smallest absolute Gasteiger partial charge is 0.115 e. The highest BCUT2D eigenvalue weighted by Gasteiger charge is 2.15. The van der Waals surface area contributed by atoms with Crippen LogP contribution in [0.4, 0.5) is 0 Å². The summed E-state index contributed by atoms with van der Waals surface area (Å²) in [5.41, 5.74) is 2.08. The molecule has 0 amide bonds. The SMILES string of the molecule is CCCNC(Cc1cccc(Cl)c1Cl)c1cncnc1. The third kappa shape index (κ3) is 3.92. The van der Waals surface area contributed by atoms with Crippen LogP contribution in [0.5, 0.6) is 0 Å². The number of halogens is 2. The van der Waals surface area contributed by atoms with Gasteiger partial charge in [0, 0.05) is 24.0 Å². The lowest BCUT2D eigenvalue weighted by Gasteiger charge is -2.19. The van der Waals surface area contributed by atoms with Crippen LogP contribution in [0.25, 0.3) is 0 Å². The van der Waals surface area contributed by atoms with Crippen molar-refractivity contribution in [2.45, 2.75) is 25.8 Å². The minimum Gasteiger partial charge on any atom is -0.310 e. The van der Waals surface area contributed by atoms with Crippen molar-refractivity contribution in [3.63, 3.8) is 0 Å². The molecule has 0 saturated carbocycles. The molecule has 0 aliphatic heterocycles. The fourth-order valence-corrected chi connectivity index (χ4v) is 2.44. The van der Waals surface area contributed by atoms with Gasteiger partial charge in [-0.2, -0.15) is 0 Å². The average molecular weight is 310 g/mol. The molecule has 1 unspecified atom stereocenters. The quantitative estimate of drug-likeness (QED) is 0.874. The molecule has 2 rings (SSSR count). The lowest BCUT2D eigenvalue weighted by atomic mass is 10.0. The van der Waals surface area contributed by atoms with Crippen molar-refractivity contribution >= 4 is 23.2 Å². The lowest BCUT2D eigenvalue weighted by Crippen LogP contribution is -2.24. The average Bonchev–Trinajstić information content (AvgIpc) is 2.48. The van der Waals surface area contributed by atoms with Crippen LogP contribution in [0.3, 0.4) is 0 Å². The highest BCUT2D eigenvalue weighted by atomic mass is 35.5. The highest BCUT2D eigenvalue weighted by molar-refractivity contribution is 6.42. The molecule has 106 valence electrons. The maximum atomic E-state index is 6.27. The van der Waals surface area contributed by atoms with Crippen LogP contribution in [0.2, 0.25) is 10.0 Å². The number of hydrogen-bond acceptors (Lipinski definition) is 3. The summed E-state index contributed by atoms with van der Waals surface area (Å²) in [4.78, 5) is 8.17. The molecule has 3 nitrogen and oxygen atoms in total. The van der Waals surface area contributed by atoms with Crippen molar-refractivity contribution in [1.82, 2.24) is 15.3 Å². The van der Waals surface area contributed by atoms with E-state index in [0.717, 1.165) is 30.5 Å². The van der Waals surface area contributed by atoms with E-state index in [0.29, 0.717) is 10.0 Å². The predicted molar refractivity (Wildman–Crippen MR) is 83.2 cm³/mol. The molecule has 20 heavy (non-hydrogen) atoms. The first kappa shape index (κ1) is 15.2. The van der Waals surface area contributed by atoms with E-state index in [9.17, 15) is 0 Å². The number of rotatable bonds is 6.